The normalized spacial score (nSPS) is 13.5. The highest BCUT2D eigenvalue weighted by Crippen LogP contribution is 2.30. The number of rotatable bonds is 3. The zero-order chi connectivity index (χ0) is 15.1. The molecular weight excluding hydrogens is 278 g/mol. The average molecular weight is 295 g/mol. The molecule has 0 atom stereocenters. The number of nitrogens with one attached hydrogen (secondary N) is 1. The second-order valence-corrected chi connectivity index (χ2v) is 5.83. The van der Waals surface area contributed by atoms with Gasteiger partial charge in [0.1, 0.15) is 5.58 Å². The van der Waals surface area contributed by atoms with Crippen LogP contribution < -0.4 is 5.32 Å². The first-order valence-corrected chi connectivity index (χ1v) is 7.50. The van der Waals surface area contributed by atoms with E-state index in [9.17, 15) is 4.79 Å². The van der Waals surface area contributed by atoms with Crippen molar-refractivity contribution in [2.24, 2.45) is 7.05 Å². The predicted molar refractivity (Wildman–Crippen MR) is 83.8 cm³/mol. The molecule has 1 amide bonds. The highest BCUT2D eigenvalue weighted by atomic mass is 16.3. The molecule has 1 aliphatic carbocycles. The number of amides is 1. The summed E-state index contributed by atoms with van der Waals surface area (Å²) in [5.74, 6) is 0.489. The van der Waals surface area contributed by atoms with Crippen LogP contribution in [0.2, 0.25) is 0 Å². The Morgan fingerprint density at radius 3 is 2.95 bits per heavy atom. The lowest BCUT2D eigenvalue weighted by Gasteiger charge is -2.02. The van der Waals surface area contributed by atoms with Crippen LogP contribution in [0.4, 0.5) is 5.82 Å². The lowest BCUT2D eigenvalue weighted by molar-refractivity contribution is -0.115. The molecule has 0 saturated heterocycles. The lowest BCUT2D eigenvalue weighted by Crippen LogP contribution is -2.14. The minimum atomic E-state index is -0.0816. The van der Waals surface area contributed by atoms with E-state index in [0.29, 0.717) is 12.2 Å². The molecule has 1 aliphatic rings. The number of carbonyl (C=O) groups excluding carboxylic acids is 1. The fourth-order valence-electron chi connectivity index (χ4n) is 3.13. The summed E-state index contributed by atoms with van der Waals surface area (Å²) in [5.41, 5.74) is 4.58. The Hall–Kier alpha value is -2.56. The fourth-order valence-corrected chi connectivity index (χ4v) is 3.13. The van der Waals surface area contributed by atoms with Crippen LogP contribution in [0.3, 0.4) is 0 Å². The number of hydrogen-bond donors (Lipinski definition) is 1. The maximum Gasteiger partial charge on any atom is 0.230 e. The van der Waals surface area contributed by atoms with Gasteiger partial charge in [0.05, 0.1) is 12.7 Å². The van der Waals surface area contributed by atoms with E-state index in [1.54, 1.807) is 23.2 Å². The Bertz CT molecular complexity index is 860. The van der Waals surface area contributed by atoms with Crippen LogP contribution in [0.15, 0.2) is 35.1 Å². The number of anilines is 1. The van der Waals surface area contributed by atoms with Crippen molar-refractivity contribution in [3.8, 4) is 0 Å². The third-order valence-corrected chi connectivity index (χ3v) is 4.20. The largest absolute Gasteiger partial charge is 0.464 e. The molecule has 0 unspecified atom stereocenters. The minimum absolute atomic E-state index is 0.0816. The van der Waals surface area contributed by atoms with Crippen molar-refractivity contribution in [2.75, 3.05) is 5.32 Å². The van der Waals surface area contributed by atoms with E-state index in [4.69, 9.17) is 4.42 Å². The van der Waals surface area contributed by atoms with E-state index < -0.39 is 0 Å². The van der Waals surface area contributed by atoms with E-state index in [2.05, 4.69) is 22.5 Å². The van der Waals surface area contributed by atoms with Crippen molar-refractivity contribution in [3.05, 3.63) is 47.3 Å². The van der Waals surface area contributed by atoms with Gasteiger partial charge in [-0.1, -0.05) is 0 Å². The molecule has 0 saturated carbocycles. The number of benzene rings is 1. The average Bonchev–Trinajstić information content (AvgIpc) is 3.18. The Kier molecular flexibility index (Phi) is 2.99. The Balaban J connectivity index is 1.57. The van der Waals surface area contributed by atoms with Crippen molar-refractivity contribution in [1.82, 2.24) is 9.78 Å². The van der Waals surface area contributed by atoms with Gasteiger partial charge in [-0.2, -0.15) is 5.10 Å². The van der Waals surface area contributed by atoms with Gasteiger partial charge in [0, 0.05) is 30.3 Å². The second-order valence-electron chi connectivity index (χ2n) is 5.83. The molecule has 4 rings (SSSR count). The summed E-state index contributed by atoms with van der Waals surface area (Å²) in [6, 6.07) is 6.08. The summed E-state index contributed by atoms with van der Waals surface area (Å²) in [5, 5.41) is 8.01. The highest BCUT2D eigenvalue weighted by molar-refractivity contribution is 5.95. The summed E-state index contributed by atoms with van der Waals surface area (Å²) in [7, 11) is 1.82. The van der Waals surface area contributed by atoms with Crippen molar-refractivity contribution in [3.63, 3.8) is 0 Å². The third kappa shape index (κ3) is 2.28. The van der Waals surface area contributed by atoms with E-state index in [0.717, 1.165) is 29.4 Å². The van der Waals surface area contributed by atoms with Crippen LogP contribution in [-0.4, -0.2) is 15.7 Å². The number of aromatic nitrogens is 2. The van der Waals surface area contributed by atoms with Crippen LogP contribution >= 0.6 is 0 Å². The standard InChI is InChI=1S/C17H17N3O2/c1-20-6-5-16(19-20)18-17(21)9-13-10-22-15-8-12-4-2-3-11(12)7-14(13)15/h5-8,10H,2-4,9H2,1H3,(H,18,19,21). The molecule has 1 aromatic carbocycles. The SMILES string of the molecule is Cn1ccc(NC(=O)Cc2coc3cc4c(cc23)CCC4)n1. The van der Waals surface area contributed by atoms with E-state index >= 15 is 0 Å². The first-order valence-electron chi connectivity index (χ1n) is 7.50. The van der Waals surface area contributed by atoms with Crippen molar-refractivity contribution in [1.29, 1.82) is 0 Å². The first-order chi connectivity index (χ1) is 10.7. The van der Waals surface area contributed by atoms with Gasteiger partial charge in [-0.15, -0.1) is 0 Å². The molecule has 0 fully saturated rings. The van der Waals surface area contributed by atoms with Crippen LogP contribution in [-0.2, 0) is 31.1 Å². The summed E-state index contributed by atoms with van der Waals surface area (Å²) in [4.78, 5) is 12.2. The van der Waals surface area contributed by atoms with Crippen molar-refractivity contribution < 1.29 is 9.21 Å². The van der Waals surface area contributed by atoms with E-state index in [-0.39, 0.29) is 5.91 Å². The molecular formula is C17H17N3O2. The van der Waals surface area contributed by atoms with Crippen LogP contribution in [0.1, 0.15) is 23.1 Å². The lowest BCUT2D eigenvalue weighted by atomic mass is 10.0. The van der Waals surface area contributed by atoms with Gasteiger partial charge in [-0.25, -0.2) is 0 Å². The fraction of sp³-hybridized carbons (Fsp3) is 0.294. The predicted octanol–water partition coefficient (Wildman–Crippen LogP) is 2.84. The molecule has 5 nitrogen and oxygen atoms in total. The number of hydrogen-bond acceptors (Lipinski definition) is 3. The van der Waals surface area contributed by atoms with Crippen LogP contribution in [0, 0.1) is 0 Å². The molecule has 0 aliphatic heterocycles. The van der Waals surface area contributed by atoms with Crippen LogP contribution in [0.25, 0.3) is 11.0 Å². The van der Waals surface area contributed by atoms with Gasteiger partial charge in [0.15, 0.2) is 5.82 Å². The summed E-state index contributed by atoms with van der Waals surface area (Å²) in [6.45, 7) is 0. The zero-order valence-electron chi connectivity index (χ0n) is 12.4. The molecule has 0 spiro atoms. The topological polar surface area (TPSA) is 60.1 Å². The number of aryl methyl sites for hydroxylation is 3. The first kappa shape index (κ1) is 13.1. The smallest absolute Gasteiger partial charge is 0.230 e. The molecule has 0 radical (unpaired) electrons. The maximum atomic E-state index is 12.2. The molecule has 2 heterocycles. The van der Waals surface area contributed by atoms with Crippen molar-refractivity contribution >= 4 is 22.7 Å². The number of fused-ring (bicyclic) bond motifs is 2. The molecule has 0 bridgehead atoms. The van der Waals surface area contributed by atoms with Gasteiger partial charge >= 0.3 is 0 Å². The Morgan fingerprint density at radius 1 is 1.36 bits per heavy atom. The molecule has 2 aromatic heterocycles. The zero-order valence-corrected chi connectivity index (χ0v) is 12.4. The summed E-state index contributed by atoms with van der Waals surface area (Å²) >= 11 is 0. The monoisotopic (exact) mass is 295 g/mol. The molecule has 5 heteroatoms. The third-order valence-electron chi connectivity index (χ3n) is 4.20. The molecule has 3 aromatic rings. The van der Waals surface area contributed by atoms with E-state index in [1.807, 2.05) is 7.05 Å². The van der Waals surface area contributed by atoms with Gasteiger partial charge in [0.25, 0.3) is 0 Å². The minimum Gasteiger partial charge on any atom is -0.464 e. The summed E-state index contributed by atoms with van der Waals surface area (Å²) < 4.78 is 7.29. The summed E-state index contributed by atoms with van der Waals surface area (Å²) in [6.07, 6.45) is 7.24. The van der Waals surface area contributed by atoms with Gasteiger partial charge in [-0.05, 0) is 42.5 Å². The Labute approximate surface area is 127 Å². The van der Waals surface area contributed by atoms with E-state index in [1.165, 1.54) is 17.5 Å². The molecule has 1 N–H and O–H groups in total. The molecule has 112 valence electrons. The quantitative estimate of drug-likeness (QED) is 0.808. The van der Waals surface area contributed by atoms with Gasteiger partial charge < -0.3 is 9.73 Å². The van der Waals surface area contributed by atoms with Gasteiger partial charge in [-0.3, -0.25) is 9.48 Å². The Morgan fingerprint density at radius 2 is 2.18 bits per heavy atom. The van der Waals surface area contributed by atoms with Crippen LogP contribution in [0.5, 0.6) is 0 Å². The second kappa shape index (κ2) is 5.02. The maximum absolute atomic E-state index is 12.2. The van der Waals surface area contributed by atoms with Gasteiger partial charge in [0.2, 0.25) is 5.91 Å². The van der Waals surface area contributed by atoms with Crippen molar-refractivity contribution in [2.45, 2.75) is 25.7 Å². The highest BCUT2D eigenvalue weighted by Gasteiger charge is 2.17. The molecule has 22 heavy (non-hydrogen) atoms. The number of carbonyl (C=O) groups is 1. The number of nitrogens with zero attached hydrogens (tertiary/aromatic N) is 2. The number of furan rings is 1.